The van der Waals surface area contributed by atoms with Crippen molar-refractivity contribution in [3.63, 3.8) is 0 Å². The molecule has 0 saturated carbocycles. The molecule has 2 rings (SSSR count). The Kier molecular flexibility index (Phi) is 3.50. The second-order valence-corrected chi connectivity index (χ2v) is 4.82. The minimum atomic E-state index is -0.612. The highest BCUT2D eigenvalue weighted by Crippen LogP contribution is 2.29. The monoisotopic (exact) mass is 246 g/mol. The van der Waals surface area contributed by atoms with Crippen LogP contribution in [0.25, 0.3) is 0 Å². The lowest BCUT2D eigenvalue weighted by atomic mass is 9.80. The molecule has 96 valence electrons. The first-order chi connectivity index (χ1) is 8.54. The van der Waals surface area contributed by atoms with Gasteiger partial charge in [0.1, 0.15) is 5.92 Å². The van der Waals surface area contributed by atoms with Gasteiger partial charge in [-0.2, -0.15) is 0 Å². The Bertz CT molecular complexity index is 503. The van der Waals surface area contributed by atoms with Crippen molar-refractivity contribution in [2.75, 3.05) is 6.61 Å². The maximum absolute atomic E-state index is 12.3. The van der Waals surface area contributed by atoms with Crippen molar-refractivity contribution < 1.29 is 14.3 Å². The topological polar surface area (TPSA) is 43.4 Å². The third kappa shape index (κ3) is 2.17. The molecule has 0 unspecified atom stereocenters. The Morgan fingerprint density at radius 1 is 1.39 bits per heavy atom. The lowest BCUT2D eigenvalue weighted by molar-refractivity contribution is -0.146. The summed E-state index contributed by atoms with van der Waals surface area (Å²) in [5, 5.41) is 0. The molecule has 0 heterocycles. The van der Waals surface area contributed by atoms with Gasteiger partial charge in [-0.05, 0) is 50.8 Å². The van der Waals surface area contributed by atoms with Gasteiger partial charge in [0.05, 0.1) is 6.61 Å². The van der Waals surface area contributed by atoms with Crippen LogP contribution in [-0.4, -0.2) is 18.4 Å². The van der Waals surface area contributed by atoms with Crippen molar-refractivity contribution in [3.8, 4) is 0 Å². The standard InChI is InChI=1S/C15H18O3/c1-4-18-15(17)12-6-5-11-10(3)7-9(2)8-13(11)14(12)16/h7-8,12H,4-6H2,1-3H3/t12-/m0/s1. The van der Waals surface area contributed by atoms with Crippen molar-refractivity contribution in [3.05, 3.63) is 34.4 Å². The first-order valence-corrected chi connectivity index (χ1v) is 6.35. The summed E-state index contributed by atoms with van der Waals surface area (Å²) in [5.41, 5.74) is 3.99. The van der Waals surface area contributed by atoms with Crippen molar-refractivity contribution in [2.45, 2.75) is 33.6 Å². The van der Waals surface area contributed by atoms with E-state index in [-0.39, 0.29) is 11.8 Å². The Morgan fingerprint density at radius 2 is 2.11 bits per heavy atom. The summed E-state index contributed by atoms with van der Waals surface area (Å²) in [6, 6.07) is 3.97. The van der Waals surface area contributed by atoms with Crippen LogP contribution in [0.3, 0.4) is 0 Å². The summed E-state index contributed by atoms with van der Waals surface area (Å²) in [7, 11) is 0. The summed E-state index contributed by atoms with van der Waals surface area (Å²) >= 11 is 0. The van der Waals surface area contributed by atoms with E-state index in [1.54, 1.807) is 6.92 Å². The molecule has 0 fully saturated rings. The summed E-state index contributed by atoms with van der Waals surface area (Å²) in [6.07, 6.45) is 1.34. The molecule has 0 radical (unpaired) electrons. The molecule has 0 spiro atoms. The van der Waals surface area contributed by atoms with E-state index < -0.39 is 5.92 Å². The molecule has 3 nitrogen and oxygen atoms in total. The van der Waals surface area contributed by atoms with Crippen LogP contribution in [0.1, 0.15) is 40.4 Å². The molecule has 1 aliphatic rings. The third-order valence-electron chi connectivity index (χ3n) is 3.45. The zero-order valence-electron chi connectivity index (χ0n) is 11.1. The van der Waals surface area contributed by atoms with Crippen molar-refractivity contribution >= 4 is 11.8 Å². The minimum absolute atomic E-state index is 0.0819. The molecule has 1 aromatic rings. The number of carbonyl (C=O) groups excluding carboxylic acids is 2. The predicted molar refractivity (Wildman–Crippen MR) is 68.7 cm³/mol. The minimum Gasteiger partial charge on any atom is -0.465 e. The molecule has 0 N–H and O–H groups in total. The molecule has 1 atom stereocenters. The van der Waals surface area contributed by atoms with Gasteiger partial charge in [-0.25, -0.2) is 0 Å². The summed E-state index contributed by atoms with van der Waals surface area (Å²) in [6.45, 7) is 6.06. The molecule has 0 saturated heterocycles. The molecule has 18 heavy (non-hydrogen) atoms. The van der Waals surface area contributed by atoms with E-state index in [1.807, 2.05) is 19.9 Å². The molecule has 0 aliphatic heterocycles. The quantitative estimate of drug-likeness (QED) is 0.595. The van der Waals surface area contributed by atoms with Crippen molar-refractivity contribution in [1.29, 1.82) is 0 Å². The van der Waals surface area contributed by atoms with Crippen molar-refractivity contribution in [2.24, 2.45) is 5.92 Å². The van der Waals surface area contributed by atoms with E-state index in [0.717, 1.165) is 23.1 Å². The van der Waals surface area contributed by atoms with Gasteiger partial charge in [0, 0.05) is 5.56 Å². The lowest BCUT2D eigenvalue weighted by Gasteiger charge is -2.23. The summed E-state index contributed by atoms with van der Waals surface area (Å²) in [4.78, 5) is 24.1. The predicted octanol–water partition coefficient (Wildman–Crippen LogP) is 2.61. The average Bonchev–Trinajstić information content (AvgIpc) is 2.30. The van der Waals surface area contributed by atoms with E-state index in [1.165, 1.54) is 0 Å². The van der Waals surface area contributed by atoms with Crippen LogP contribution in [0.4, 0.5) is 0 Å². The van der Waals surface area contributed by atoms with Gasteiger partial charge < -0.3 is 4.74 Å². The molecule has 3 heteroatoms. The number of carbonyl (C=O) groups is 2. The van der Waals surface area contributed by atoms with Crippen LogP contribution in [0.5, 0.6) is 0 Å². The second kappa shape index (κ2) is 4.92. The van der Waals surface area contributed by atoms with Crippen LogP contribution >= 0.6 is 0 Å². The highest BCUT2D eigenvalue weighted by molar-refractivity contribution is 6.10. The number of benzene rings is 1. The maximum Gasteiger partial charge on any atom is 0.316 e. The van der Waals surface area contributed by atoms with E-state index in [9.17, 15) is 9.59 Å². The van der Waals surface area contributed by atoms with Gasteiger partial charge >= 0.3 is 5.97 Å². The first-order valence-electron chi connectivity index (χ1n) is 6.35. The number of hydrogen-bond donors (Lipinski definition) is 0. The van der Waals surface area contributed by atoms with Gasteiger partial charge in [0.15, 0.2) is 5.78 Å². The summed E-state index contributed by atoms with van der Waals surface area (Å²) in [5.74, 6) is -1.08. The Morgan fingerprint density at radius 3 is 2.78 bits per heavy atom. The van der Waals surface area contributed by atoms with E-state index >= 15 is 0 Å². The average molecular weight is 246 g/mol. The highest BCUT2D eigenvalue weighted by atomic mass is 16.5. The Balaban J connectivity index is 2.36. The van der Waals surface area contributed by atoms with Gasteiger partial charge in [-0.3, -0.25) is 9.59 Å². The zero-order chi connectivity index (χ0) is 13.3. The Labute approximate surface area is 107 Å². The third-order valence-corrected chi connectivity index (χ3v) is 3.45. The van der Waals surface area contributed by atoms with Gasteiger partial charge in [-0.15, -0.1) is 0 Å². The fourth-order valence-corrected chi connectivity index (χ4v) is 2.62. The van der Waals surface area contributed by atoms with Crippen LogP contribution in [0, 0.1) is 19.8 Å². The van der Waals surface area contributed by atoms with Crippen LogP contribution in [-0.2, 0) is 16.0 Å². The number of rotatable bonds is 2. The number of ether oxygens (including phenoxy) is 1. The number of ketones is 1. The molecule has 1 aliphatic carbocycles. The fraction of sp³-hybridized carbons (Fsp3) is 0.467. The largest absolute Gasteiger partial charge is 0.465 e. The van der Waals surface area contributed by atoms with Gasteiger partial charge in [0.2, 0.25) is 0 Å². The fourth-order valence-electron chi connectivity index (χ4n) is 2.62. The Hall–Kier alpha value is -1.64. The van der Waals surface area contributed by atoms with Crippen LogP contribution in [0.2, 0.25) is 0 Å². The zero-order valence-corrected chi connectivity index (χ0v) is 11.1. The van der Waals surface area contributed by atoms with E-state index in [2.05, 4.69) is 6.07 Å². The SMILES string of the molecule is CCOC(=O)[C@H]1CCc2c(C)cc(C)cc2C1=O. The number of aryl methyl sites for hydroxylation is 2. The molecular weight excluding hydrogens is 228 g/mol. The number of fused-ring (bicyclic) bond motifs is 1. The maximum atomic E-state index is 12.3. The van der Waals surface area contributed by atoms with Crippen molar-refractivity contribution in [1.82, 2.24) is 0 Å². The van der Waals surface area contributed by atoms with Gasteiger partial charge in [-0.1, -0.05) is 11.6 Å². The smallest absolute Gasteiger partial charge is 0.316 e. The molecular formula is C15H18O3. The number of hydrogen-bond acceptors (Lipinski definition) is 3. The normalized spacial score (nSPS) is 18.4. The first kappa shape index (κ1) is 12.8. The summed E-state index contributed by atoms with van der Waals surface area (Å²) < 4.78 is 4.97. The highest BCUT2D eigenvalue weighted by Gasteiger charge is 2.34. The van der Waals surface area contributed by atoms with E-state index in [0.29, 0.717) is 18.6 Å². The molecule has 0 amide bonds. The van der Waals surface area contributed by atoms with E-state index in [4.69, 9.17) is 4.74 Å². The molecule has 0 aromatic heterocycles. The van der Waals surface area contributed by atoms with Gasteiger partial charge in [0.25, 0.3) is 0 Å². The number of Topliss-reactive ketones (excluding diaryl/α,β-unsaturated/α-hetero) is 1. The second-order valence-electron chi connectivity index (χ2n) is 4.82. The van der Waals surface area contributed by atoms with Crippen LogP contribution < -0.4 is 0 Å². The molecule has 0 bridgehead atoms. The van der Waals surface area contributed by atoms with Crippen LogP contribution in [0.15, 0.2) is 12.1 Å². The lowest BCUT2D eigenvalue weighted by Crippen LogP contribution is -2.31. The number of esters is 1. The molecule has 1 aromatic carbocycles.